The van der Waals surface area contributed by atoms with E-state index < -0.39 is 5.97 Å². The summed E-state index contributed by atoms with van der Waals surface area (Å²) in [5.74, 6) is -0.513. The lowest BCUT2D eigenvalue weighted by molar-refractivity contribution is -0.121. The predicted molar refractivity (Wildman–Crippen MR) is 151 cm³/mol. The Morgan fingerprint density at radius 3 is 2.54 bits per heavy atom. The Morgan fingerprint density at radius 2 is 1.78 bits per heavy atom. The number of carbonyl (C=O) groups excluding carboxylic acids is 1. The Bertz CT molecular complexity index is 1580. The first kappa shape index (κ1) is 24.8. The third-order valence-corrected chi connectivity index (χ3v) is 7.36. The number of thioether (sulfide) groups is 1. The molecule has 0 aromatic heterocycles. The first-order chi connectivity index (χ1) is 17.9. The summed E-state index contributed by atoms with van der Waals surface area (Å²) in [5, 5.41) is 11.9. The molecule has 184 valence electrons. The fourth-order valence-corrected chi connectivity index (χ4v) is 5.19. The van der Waals surface area contributed by atoms with Crippen molar-refractivity contribution < 1.29 is 19.4 Å². The molecule has 1 heterocycles. The van der Waals surface area contributed by atoms with E-state index in [1.807, 2.05) is 30.3 Å². The van der Waals surface area contributed by atoms with Gasteiger partial charge >= 0.3 is 5.97 Å². The molecule has 0 atom stereocenters. The molecule has 1 amide bonds. The summed E-state index contributed by atoms with van der Waals surface area (Å²) in [7, 11) is 1.67. The highest BCUT2D eigenvalue weighted by atomic mass is 79.9. The minimum Gasteiger partial charge on any atom is -0.488 e. The van der Waals surface area contributed by atoms with Crippen LogP contribution in [0.15, 0.2) is 99.3 Å². The Balaban J connectivity index is 1.38. The van der Waals surface area contributed by atoms with Gasteiger partial charge in [-0.3, -0.25) is 9.69 Å². The lowest BCUT2D eigenvalue weighted by Gasteiger charge is -2.11. The summed E-state index contributed by atoms with van der Waals surface area (Å²) in [6, 6.07) is 26.3. The minimum absolute atomic E-state index is 0.175. The number of hydrogen-bond donors (Lipinski definition) is 1. The maximum atomic E-state index is 13.0. The third kappa shape index (κ3) is 5.60. The molecular weight excluding hydrogens is 552 g/mol. The van der Waals surface area contributed by atoms with Crippen molar-refractivity contribution >= 4 is 67.3 Å². The van der Waals surface area contributed by atoms with Gasteiger partial charge in [0.05, 0.1) is 16.2 Å². The van der Waals surface area contributed by atoms with Gasteiger partial charge < -0.3 is 9.84 Å². The van der Waals surface area contributed by atoms with E-state index in [9.17, 15) is 9.59 Å². The molecule has 1 N–H and O–H groups in total. The number of halogens is 1. The van der Waals surface area contributed by atoms with Crippen LogP contribution in [-0.4, -0.2) is 34.1 Å². The molecule has 1 aliphatic heterocycles. The van der Waals surface area contributed by atoms with Gasteiger partial charge in [-0.15, -0.1) is 0 Å². The summed E-state index contributed by atoms with van der Waals surface area (Å²) in [5.41, 5.74) is 2.57. The second kappa shape index (κ2) is 10.6. The topological polar surface area (TPSA) is 79.2 Å². The van der Waals surface area contributed by atoms with E-state index in [1.165, 1.54) is 34.2 Å². The number of aliphatic imine (C=N–C) groups is 1. The number of amidine groups is 1. The van der Waals surface area contributed by atoms with E-state index in [1.54, 1.807) is 25.3 Å². The first-order valence-electron chi connectivity index (χ1n) is 11.4. The van der Waals surface area contributed by atoms with Crippen molar-refractivity contribution in [2.75, 3.05) is 7.05 Å². The molecule has 0 unspecified atom stereocenters. The lowest BCUT2D eigenvalue weighted by atomic mass is 10.1. The van der Waals surface area contributed by atoms with Gasteiger partial charge in [0.2, 0.25) is 0 Å². The number of ether oxygens (including phenoxy) is 1. The Kier molecular flexibility index (Phi) is 7.12. The highest BCUT2D eigenvalue weighted by molar-refractivity contribution is 9.10. The molecule has 4 aromatic carbocycles. The average Bonchev–Trinajstić information content (AvgIpc) is 3.16. The highest BCUT2D eigenvalue weighted by Gasteiger charge is 2.30. The van der Waals surface area contributed by atoms with Crippen molar-refractivity contribution in [2.45, 2.75) is 6.61 Å². The Hall–Kier alpha value is -3.88. The molecule has 0 saturated carbocycles. The summed E-state index contributed by atoms with van der Waals surface area (Å²) in [4.78, 5) is 30.6. The fourth-order valence-electron chi connectivity index (χ4n) is 3.84. The second-order valence-electron chi connectivity index (χ2n) is 8.37. The number of benzene rings is 4. The average molecular weight is 573 g/mol. The second-order valence-corrected chi connectivity index (χ2v) is 10.3. The zero-order valence-corrected chi connectivity index (χ0v) is 22.1. The number of carbonyl (C=O) groups is 2. The smallest absolute Gasteiger partial charge is 0.335 e. The molecule has 0 radical (unpaired) electrons. The fraction of sp³-hybridized carbons (Fsp3) is 0.0690. The zero-order chi connectivity index (χ0) is 25.9. The van der Waals surface area contributed by atoms with Crippen LogP contribution in [-0.2, 0) is 11.4 Å². The van der Waals surface area contributed by atoms with Gasteiger partial charge in [-0.05, 0) is 82.7 Å². The van der Waals surface area contributed by atoms with Crippen molar-refractivity contribution in [3.8, 4) is 5.75 Å². The third-order valence-electron chi connectivity index (χ3n) is 5.81. The normalized spacial score (nSPS) is 15.6. The number of fused-ring (bicyclic) bond motifs is 1. The van der Waals surface area contributed by atoms with Crippen molar-refractivity contribution in [1.29, 1.82) is 0 Å². The van der Waals surface area contributed by atoms with Crippen molar-refractivity contribution in [3.63, 3.8) is 0 Å². The van der Waals surface area contributed by atoms with Crippen LogP contribution in [0.2, 0.25) is 0 Å². The van der Waals surface area contributed by atoms with Gasteiger partial charge in [0, 0.05) is 17.1 Å². The lowest BCUT2D eigenvalue weighted by Crippen LogP contribution is -2.23. The van der Waals surface area contributed by atoms with Gasteiger partial charge in [0.25, 0.3) is 5.91 Å². The summed E-state index contributed by atoms with van der Waals surface area (Å²) >= 11 is 4.77. The summed E-state index contributed by atoms with van der Waals surface area (Å²) in [6.07, 6.45) is 1.81. The molecule has 0 bridgehead atoms. The van der Waals surface area contributed by atoms with Gasteiger partial charge in [-0.1, -0.05) is 52.3 Å². The van der Waals surface area contributed by atoms with Crippen molar-refractivity contribution in [2.24, 2.45) is 4.99 Å². The molecule has 1 saturated heterocycles. The van der Waals surface area contributed by atoms with Crippen LogP contribution in [0, 0.1) is 0 Å². The van der Waals surface area contributed by atoms with E-state index in [0.717, 1.165) is 21.0 Å². The number of amides is 1. The standard InChI is InChI=1S/C29H21BrN2O4S/c1-32-27(33)26(37-29(32)31-24-11-8-20(9-12-24)28(34)35)16-22-15-23(30)10-13-25(22)36-17-18-6-7-19-4-2-3-5-21(19)14-18/h2-16H,17H2,1H3,(H,34,35)/b26-16-,31-29?. The maximum absolute atomic E-state index is 13.0. The number of carboxylic acids is 1. The van der Waals surface area contributed by atoms with Gasteiger partial charge in [0.1, 0.15) is 12.4 Å². The van der Waals surface area contributed by atoms with Gasteiger partial charge in [-0.25, -0.2) is 9.79 Å². The van der Waals surface area contributed by atoms with E-state index in [-0.39, 0.29) is 11.5 Å². The largest absolute Gasteiger partial charge is 0.488 e. The van der Waals surface area contributed by atoms with Crippen molar-refractivity contribution in [1.82, 2.24) is 4.90 Å². The first-order valence-corrected chi connectivity index (χ1v) is 13.0. The zero-order valence-electron chi connectivity index (χ0n) is 19.7. The van der Waals surface area contributed by atoms with Crippen LogP contribution in [0.3, 0.4) is 0 Å². The molecular formula is C29H21BrN2O4S. The van der Waals surface area contributed by atoms with Crippen LogP contribution >= 0.6 is 27.7 Å². The van der Waals surface area contributed by atoms with E-state index in [4.69, 9.17) is 9.84 Å². The molecule has 1 fully saturated rings. The SMILES string of the molecule is CN1C(=O)/C(=C/c2cc(Br)ccc2OCc2ccc3ccccc3c2)SC1=Nc1ccc(C(=O)O)cc1. The summed E-state index contributed by atoms with van der Waals surface area (Å²) in [6.45, 7) is 0.392. The monoisotopic (exact) mass is 572 g/mol. The van der Waals surface area contributed by atoms with Crippen LogP contribution in [0.25, 0.3) is 16.8 Å². The van der Waals surface area contributed by atoms with E-state index >= 15 is 0 Å². The maximum Gasteiger partial charge on any atom is 0.335 e. The summed E-state index contributed by atoms with van der Waals surface area (Å²) < 4.78 is 7.04. The van der Waals surface area contributed by atoms with Crippen LogP contribution in [0.4, 0.5) is 5.69 Å². The number of likely N-dealkylation sites (N-methyl/N-ethyl adjacent to an activating group) is 1. The number of carboxylic acid groups (broad SMARTS) is 1. The predicted octanol–water partition coefficient (Wildman–Crippen LogP) is 7.11. The Labute approximate surface area is 226 Å². The molecule has 37 heavy (non-hydrogen) atoms. The Morgan fingerprint density at radius 1 is 1.03 bits per heavy atom. The van der Waals surface area contributed by atoms with Crippen molar-refractivity contribution in [3.05, 3.63) is 111 Å². The van der Waals surface area contributed by atoms with E-state index in [0.29, 0.717) is 28.1 Å². The number of rotatable bonds is 6. The number of nitrogens with zero attached hydrogens (tertiary/aromatic N) is 2. The van der Waals surface area contributed by atoms with E-state index in [2.05, 4.69) is 51.3 Å². The van der Waals surface area contributed by atoms with Gasteiger partial charge in [-0.2, -0.15) is 0 Å². The molecule has 5 rings (SSSR count). The van der Waals surface area contributed by atoms with Crippen LogP contribution in [0.5, 0.6) is 5.75 Å². The highest BCUT2D eigenvalue weighted by Crippen LogP contribution is 2.35. The molecule has 6 nitrogen and oxygen atoms in total. The van der Waals surface area contributed by atoms with Crippen LogP contribution in [0.1, 0.15) is 21.5 Å². The molecule has 4 aromatic rings. The van der Waals surface area contributed by atoms with Gasteiger partial charge in [0.15, 0.2) is 5.17 Å². The van der Waals surface area contributed by atoms with Crippen LogP contribution < -0.4 is 4.74 Å². The molecule has 1 aliphatic rings. The minimum atomic E-state index is -1.00. The number of hydrogen-bond acceptors (Lipinski definition) is 5. The number of aromatic carboxylic acids is 1. The quantitative estimate of drug-likeness (QED) is 0.249. The molecule has 0 aliphatic carbocycles. The molecule has 8 heteroatoms. The molecule has 0 spiro atoms.